The van der Waals surface area contributed by atoms with E-state index in [1.807, 2.05) is 36.4 Å². The van der Waals surface area contributed by atoms with Gasteiger partial charge in [0.2, 0.25) is 0 Å². The monoisotopic (exact) mass is 309 g/mol. The maximum Gasteiger partial charge on any atom is 0.154 e. The fourth-order valence-electron chi connectivity index (χ4n) is 2.48. The van der Waals surface area contributed by atoms with Crippen molar-refractivity contribution in [1.82, 2.24) is 19.9 Å². The maximum absolute atomic E-state index is 6.08. The van der Waals surface area contributed by atoms with Gasteiger partial charge in [0.1, 0.15) is 17.4 Å². The smallest absolute Gasteiger partial charge is 0.154 e. The van der Waals surface area contributed by atoms with E-state index in [0.717, 1.165) is 33.4 Å². The average molecular weight is 310 g/mol. The maximum atomic E-state index is 6.08. The van der Waals surface area contributed by atoms with Crippen molar-refractivity contribution in [3.05, 3.63) is 59.6 Å². The number of benzene rings is 1. The number of hydrogen-bond donors (Lipinski definition) is 2. The summed E-state index contributed by atoms with van der Waals surface area (Å²) in [6.45, 7) is 0.600. The van der Waals surface area contributed by atoms with Crippen LogP contribution in [-0.2, 0) is 6.54 Å². The molecule has 3 heterocycles. The van der Waals surface area contributed by atoms with Gasteiger partial charge in [0.15, 0.2) is 5.82 Å². The summed E-state index contributed by atoms with van der Waals surface area (Å²) >= 11 is 6.08. The third-order valence-electron chi connectivity index (χ3n) is 3.51. The van der Waals surface area contributed by atoms with E-state index in [9.17, 15) is 0 Å². The second-order valence-corrected chi connectivity index (χ2v) is 5.37. The predicted octanol–water partition coefficient (Wildman–Crippen LogP) is 3.77. The van der Waals surface area contributed by atoms with Gasteiger partial charge in [-0.25, -0.2) is 9.97 Å². The van der Waals surface area contributed by atoms with Gasteiger partial charge in [-0.2, -0.15) is 0 Å². The summed E-state index contributed by atoms with van der Waals surface area (Å²) in [5.74, 6) is 0.753. The zero-order chi connectivity index (χ0) is 14.9. The first-order valence-electron chi connectivity index (χ1n) is 6.87. The number of H-pyrrole nitrogens is 1. The van der Waals surface area contributed by atoms with Crippen molar-refractivity contribution >= 4 is 39.4 Å². The lowest BCUT2D eigenvalue weighted by Crippen LogP contribution is -2.03. The van der Waals surface area contributed by atoms with E-state index >= 15 is 0 Å². The summed E-state index contributed by atoms with van der Waals surface area (Å²) in [5.41, 5.74) is 3.67. The quantitative estimate of drug-likeness (QED) is 0.604. The summed E-state index contributed by atoms with van der Waals surface area (Å²) in [5, 5.41) is 4.98. The summed E-state index contributed by atoms with van der Waals surface area (Å²) in [6.07, 6.45) is 3.33. The van der Waals surface area contributed by atoms with E-state index in [4.69, 9.17) is 11.6 Å². The van der Waals surface area contributed by atoms with Crippen LogP contribution >= 0.6 is 11.6 Å². The molecule has 0 unspecified atom stereocenters. The van der Waals surface area contributed by atoms with Crippen molar-refractivity contribution in [3.63, 3.8) is 0 Å². The summed E-state index contributed by atoms with van der Waals surface area (Å²) in [7, 11) is 0. The Morgan fingerprint density at radius 1 is 1.09 bits per heavy atom. The summed E-state index contributed by atoms with van der Waals surface area (Å²) in [6, 6.07) is 11.5. The van der Waals surface area contributed by atoms with E-state index in [1.165, 1.54) is 0 Å². The highest BCUT2D eigenvalue weighted by Crippen LogP contribution is 2.29. The van der Waals surface area contributed by atoms with Gasteiger partial charge in [0.25, 0.3) is 0 Å². The molecule has 1 aromatic carbocycles. The van der Waals surface area contributed by atoms with Crippen LogP contribution in [-0.4, -0.2) is 19.9 Å². The lowest BCUT2D eigenvalue weighted by atomic mass is 10.2. The van der Waals surface area contributed by atoms with Crippen molar-refractivity contribution in [2.24, 2.45) is 0 Å². The Bertz CT molecular complexity index is 949. The molecule has 0 saturated heterocycles. The fourth-order valence-corrected chi connectivity index (χ4v) is 2.65. The van der Waals surface area contributed by atoms with Gasteiger partial charge in [-0.3, -0.25) is 4.98 Å². The Morgan fingerprint density at radius 3 is 2.91 bits per heavy atom. The topological polar surface area (TPSA) is 66.5 Å². The second-order valence-electron chi connectivity index (χ2n) is 4.94. The minimum absolute atomic E-state index is 0.600. The highest BCUT2D eigenvalue weighted by Gasteiger charge is 2.10. The van der Waals surface area contributed by atoms with Gasteiger partial charge in [0.05, 0.1) is 12.2 Å². The van der Waals surface area contributed by atoms with E-state index in [0.29, 0.717) is 11.6 Å². The van der Waals surface area contributed by atoms with E-state index in [-0.39, 0.29) is 0 Å². The van der Waals surface area contributed by atoms with Crippen molar-refractivity contribution in [1.29, 1.82) is 0 Å². The number of aromatic nitrogens is 4. The number of fused-ring (bicyclic) bond motifs is 3. The first kappa shape index (κ1) is 13.0. The molecule has 0 saturated carbocycles. The molecule has 5 nitrogen and oxygen atoms in total. The molecule has 4 rings (SSSR count). The van der Waals surface area contributed by atoms with E-state index in [2.05, 4.69) is 25.3 Å². The largest absolute Gasteiger partial charge is 0.363 e. The molecule has 0 radical (unpaired) electrons. The SMILES string of the molecule is Clc1ccc2[nH]c3c(NCc4ccccn4)ncnc3c2c1. The molecular formula is C16H12ClN5. The lowest BCUT2D eigenvalue weighted by Gasteiger charge is -2.05. The standard InChI is InChI=1S/C16H12ClN5/c17-10-4-5-13-12(7-10)14-15(22-13)16(21-9-20-14)19-8-11-3-1-2-6-18-11/h1-7,9,22H,8H2,(H,19,20,21). The minimum atomic E-state index is 0.600. The number of aromatic amines is 1. The number of nitrogens with one attached hydrogen (secondary N) is 2. The minimum Gasteiger partial charge on any atom is -0.363 e. The highest BCUT2D eigenvalue weighted by molar-refractivity contribution is 6.31. The van der Waals surface area contributed by atoms with Crippen LogP contribution in [0.25, 0.3) is 21.9 Å². The molecule has 0 atom stereocenters. The van der Waals surface area contributed by atoms with Crippen LogP contribution in [0.1, 0.15) is 5.69 Å². The van der Waals surface area contributed by atoms with E-state index in [1.54, 1.807) is 12.5 Å². The number of anilines is 1. The van der Waals surface area contributed by atoms with Gasteiger partial charge in [-0.15, -0.1) is 0 Å². The van der Waals surface area contributed by atoms with Gasteiger partial charge < -0.3 is 10.3 Å². The Morgan fingerprint density at radius 2 is 2.05 bits per heavy atom. The molecule has 6 heteroatoms. The Kier molecular flexibility index (Phi) is 3.12. The van der Waals surface area contributed by atoms with Crippen molar-refractivity contribution in [2.45, 2.75) is 6.54 Å². The zero-order valence-corrected chi connectivity index (χ0v) is 12.3. The normalized spacial score (nSPS) is 11.1. The molecule has 0 fully saturated rings. The van der Waals surface area contributed by atoms with Crippen molar-refractivity contribution in [2.75, 3.05) is 5.32 Å². The number of pyridine rings is 1. The van der Waals surface area contributed by atoms with Crippen molar-refractivity contribution < 1.29 is 0 Å². The van der Waals surface area contributed by atoms with Crippen LogP contribution in [0.15, 0.2) is 48.9 Å². The Labute approximate surface area is 131 Å². The Balaban J connectivity index is 1.76. The van der Waals surface area contributed by atoms with Crippen LogP contribution in [0.5, 0.6) is 0 Å². The molecule has 0 bridgehead atoms. The van der Waals surface area contributed by atoms with Crippen LogP contribution in [0.2, 0.25) is 5.02 Å². The van der Waals surface area contributed by atoms with Gasteiger partial charge >= 0.3 is 0 Å². The third kappa shape index (κ3) is 2.25. The second kappa shape index (κ2) is 5.27. The fraction of sp³-hybridized carbons (Fsp3) is 0.0625. The van der Waals surface area contributed by atoms with Crippen LogP contribution in [0, 0.1) is 0 Å². The van der Waals surface area contributed by atoms with Gasteiger partial charge in [0, 0.05) is 22.1 Å². The number of halogens is 1. The summed E-state index contributed by atoms with van der Waals surface area (Å²) < 4.78 is 0. The molecule has 0 aliphatic carbocycles. The Hall–Kier alpha value is -2.66. The first-order chi connectivity index (χ1) is 10.8. The molecule has 2 N–H and O–H groups in total. The molecule has 0 spiro atoms. The van der Waals surface area contributed by atoms with Crippen LogP contribution in [0.4, 0.5) is 5.82 Å². The zero-order valence-electron chi connectivity index (χ0n) is 11.5. The van der Waals surface area contributed by atoms with Crippen LogP contribution in [0.3, 0.4) is 0 Å². The molecular weight excluding hydrogens is 298 g/mol. The molecule has 0 aliphatic heterocycles. The first-order valence-corrected chi connectivity index (χ1v) is 7.25. The van der Waals surface area contributed by atoms with Gasteiger partial charge in [-0.1, -0.05) is 17.7 Å². The number of hydrogen-bond acceptors (Lipinski definition) is 4. The molecule has 108 valence electrons. The van der Waals surface area contributed by atoms with Gasteiger partial charge in [-0.05, 0) is 30.3 Å². The number of rotatable bonds is 3. The summed E-state index contributed by atoms with van der Waals surface area (Å²) in [4.78, 5) is 16.3. The predicted molar refractivity (Wildman–Crippen MR) is 88.0 cm³/mol. The van der Waals surface area contributed by atoms with Crippen molar-refractivity contribution in [3.8, 4) is 0 Å². The molecule has 22 heavy (non-hydrogen) atoms. The number of nitrogens with zero attached hydrogens (tertiary/aromatic N) is 3. The third-order valence-corrected chi connectivity index (χ3v) is 3.74. The molecule has 3 aromatic heterocycles. The molecule has 4 aromatic rings. The van der Waals surface area contributed by atoms with E-state index < -0.39 is 0 Å². The lowest BCUT2D eigenvalue weighted by molar-refractivity contribution is 1.03. The molecule has 0 aliphatic rings. The van der Waals surface area contributed by atoms with Crippen LogP contribution < -0.4 is 5.32 Å². The average Bonchev–Trinajstić information content (AvgIpc) is 2.92. The molecule has 0 amide bonds. The highest BCUT2D eigenvalue weighted by atomic mass is 35.5.